The third-order valence-corrected chi connectivity index (χ3v) is 2.25. The minimum absolute atomic E-state index is 0.0513. The smallest absolute Gasteiger partial charge is 0.243 e. The van der Waals surface area contributed by atoms with Gasteiger partial charge in [-0.3, -0.25) is 4.79 Å². The first-order valence-corrected chi connectivity index (χ1v) is 4.34. The topological polar surface area (TPSA) is 32.3 Å². The number of likely N-dealkylation sites (tertiary alicyclic amines) is 1. The van der Waals surface area contributed by atoms with Crippen LogP contribution in [0, 0.1) is 0 Å². The first kappa shape index (κ1) is 9.26. The van der Waals surface area contributed by atoms with Gasteiger partial charge in [0.25, 0.3) is 0 Å². The Morgan fingerprint density at radius 3 is 2.67 bits per heavy atom. The molecule has 0 aromatic carbocycles. The molecule has 0 atom stereocenters. The fourth-order valence-corrected chi connectivity index (χ4v) is 1.41. The minimum atomic E-state index is -0.0513. The highest BCUT2D eigenvalue weighted by Crippen LogP contribution is 2.07. The Kier molecular flexibility index (Phi) is 3.29. The zero-order valence-corrected chi connectivity index (χ0v) is 7.55. The predicted octanol–water partition coefficient (Wildman–Crippen LogP) is 0.383. The fraction of sp³-hybridized carbons (Fsp3) is 0.667. The zero-order valence-electron chi connectivity index (χ0n) is 7.55. The van der Waals surface area contributed by atoms with E-state index in [4.69, 9.17) is 0 Å². The number of carbonyl (C=O) groups is 1. The molecule has 1 N–H and O–H groups in total. The molecule has 0 saturated carbocycles. The maximum absolute atomic E-state index is 10.9. The van der Waals surface area contributed by atoms with Crippen molar-refractivity contribution in [3.8, 4) is 0 Å². The molecule has 1 fully saturated rings. The van der Waals surface area contributed by atoms with Gasteiger partial charge >= 0.3 is 0 Å². The van der Waals surface area contributed by atoms with Gasteiger partial charge in [-0.25, -0.2) is 0 Å². The molecular weight excluding hydrogens is 152 g/mol. The molecule has 0 aliphatic carbocycles. The molecule has 1 saturated heterocycles. The lowest BCUT2D eigenvalue weighted by molar-refractivity contribution is -0.117. The Morgan fingerprint density at radius 2 is 2.17 bits per heavy atom. The van der Waals surface area contributed by atoms with Crippen molar-refractivity contribution < 1.29 is 4.79 Å². The largest absolute Gasteiger partial charge is 0.350 e. The number of hydrogen-bond acceptors (Lipinski definition) is 2. The second kappa shape index (κ2) is 4.26. The number of nitrogens with zero attached hydrogens (tertiary/aromatic N) is 1. The Morgan fingerprint density at radius 1 is 1.58 bits per heavy atom. The van der Waals surface area contributed by atoms with Gasteiger partial charge in [-0.1, -0.05) is 6.58 Å². The summed E-state index contributed by atoms with van der Waals surface area (Å²) < 4.78 is 0. The Labute approximate surface area is 73.4 Å². The van der Waals surface area contributed by atoms with E-state index >= 15 is 0 Å². The average molecular weight is 168 g/mol. The standard InChI is InChI=1S/C9H16N2O/c1-3-9(12)10-8-4-6-11(2)7-5-8/h3,8H,1,4-7H2,2H3,(H,10,12). The first-order chi connectivity index (χ1) is 5.72. The molecule has 1 aliphatic heterocycles. The summed E-state index contributed by atoms with van der Waals surface area (Å²) in [5.74, 6) is -0.0513. The highest BCUT2D eigenvalue weighted by atomic mass is 16.1. The van der Waals surface area contributed by atoms with Gasteiger partial charge < -0.3 is 10.2 Å². The summed E-state index contributed by atoms with van der Waals surface area (Å²) in [6, 6.07) is 0.353. The van der Waals surface area contributed by atoms with Crippen LogP contribution >= 0.6 is 0 Å². The van der Waals surface area contributed by atoms with Crippen LogP contribution < -0.4 is 5.32 Å². The highest BCUT2D eigenvalue weighted by molar-refractivity contribution is 5.87. The monoisotopic (exact) mass is 168 g/mol. The van der Waals surface area contributed by atoms with Crippen LogP contribution in [0.15, 0.2) is 12.7 Å². The maximum Gasteiger partial charge on any atom is 0.243 e. The van der Waals surface area contributed by atoms with E-state index in [2.05, 4.69) is 23.8 Å². The molecular formula is C9H16N2O. The second-order valence-electron chi connectivity index (χ2n) is 3.29. The summed E-state index contributed by atoms with van der Waals surface area (Å²) >= 11 is 0. The van der Waals surface area contributed by atoms with Gasteiger partial charge in [0.2, 0.25) is 5.91 Å². The van der Waals surface area contributed by atoms with Crippen LogP contribution in [-0.2, 0) is 4.79 Å². The van der Waals surface area contributed by atoms with E-state index in [1.807, 2.05) is 0 Å². The van der Waals surface area contributed by atoms with Crippen LogP contribution in [0.1, 0.15) is 12.8 Å². The van der Waals surface area contributed by atoms with Crippen molar-refractivity contribution in [3.63, 3.8) is 0 Å². The lowest BCUT2D eigenvalue weighted by Crippen LogP contribution is -2.42. The van der Waals surface area contributed by atoms with E-state index in [9.17, 15) is 4.79 Å². The van der Waals surface area contributed by atoms with Gasteiger partial charge in [-0.15, -0.1) is 0 Å². The van der Waals surface area contributed by atoms with Crippen LogP contribution in [0.25, 0.3) is 0 Å². The van der Waals surface area contributed by atoms with Crippen LogP contribution in [0.3, 0.4) is 0 Å². The van der Waals surface area contributed by atoms with Gasteiger partial charge in [0, 0.05) is 6.04 Å². The summed E-state index contributed by atoms with van der Waals surface area (Å²) in [4.78, 5) is 13.2. The van der Waals surface area contributed by atoms with Gasteiger partial charge in [0.15, 0.2) is 0 Å². The van der Waals surface area contributed by atoms with Crippen LogP contribution in [-0.4, -0.2) is 37.0 Å². The van der Waals surface area contributed by atoms with Gasteiger partial charge in [0.05, 0.1) is 0 Å². The molecule has 3 nitrogen and oxygen atoms in total. The van der Waals surface area contributed by atoms with Crippen LogP contribution in [0.2, 0.25) is 0 Å². The molecule has 0 aromatic heterocycles. The second-order valence-corrected chi connectivity index (χ2v) is 3.29. The Balaban J connectivity index is 2.26. The molecule has 0 unspecified atom stereocenters. The third kappa shape index (κ3) is 2.66. The third-order valence-electron chi connectivity index (χ3n) is 2.25. The molecule has 1 aliphatic rings. The zero-order chi connectivity index (χ0) is 8.97. The number of rotatable bonds is 2. The molecule has 0 spiro atoms. The molecule has 3 heteroatoms. The minimum Gasteiger partial charge on any atom is -0.350 e. The lowest BCUT2D eigenvalue weighted by atomic mass is 10.1. The van der Waals surface area contributed by atoms with Crippen LogP contribution in [0.4, 0.5) is 0 Å². The van der Waals surface area contributed by atoms with Crippen molar-refractivity contribution in [2.75, 3.05) is 20.1 Å². The summed E-state index contributed by atoms with van der Waals surface area (Å²) in [6.07, 6.45) is 3.44. The Hall–Kier alpha value is -0.830. The number of hydrogen-bond donors (Lipinski definition) is 1. The average Bonchev–Trinajstić information content (AvgIpc) is 2.09. The SMILES string of the molecule is C=CC(=O)NC1CCN(C)CC1. The van der Waals surface area contributed by atoms with Crippen molar-refractivity contribution in [2.45, 2.75) is 18.9 Å². The molecule has 1 rings (SSSR count). The highest BCUT2D eigenvalue weighted by Gasteiger charge is 2.16. The Bertz CT molecular complexity index is 171. The summed E-state index contributed by atoms with van der Waals surface area (Å²) in [5.41, 5.74) is 0. The fourth-order valence-electron chi connectivity index (χ4n) is 1.41. The van der Waals surface area contributed by atoms with E-state index in [1.54, 1.807) is 0 Å². The predicted molar refractivity (Wildman–Crippen MR) is 48.9 cm³/mol. The normalized spacial score (nSPS) is 20.4. The molecule has 1 heterocycles. The summed E-state index contributed by atoms with van der Waals surface area (Å²) in [5, 5.41) is 2.91. The van der Waals surface area contributed by atoms with E-state index in [0.29, 0.717) is 6.04 Å². The van der Waals surface area contributed by atoms with Gasteiger partial charge in [-0.2, -0.15) is 0 Å². The van der Waals surface area contributed by atoms with Crippen molar-refractivity contribution >= 4 is 5.91 Å². The van der Waals surface area contributed by atoms with Gasteiger partial charge in [0.1, 0.15) is 0 Å². The number of carbonyl (C=O) groups excluding carboxylic acids is 1. The maximum atomic E-state index is 10.9. The van der Waals surface area contributed by atoms with Crippen molar-refractivity contribution in [1.29, 1.82) is 0 Å². The lowest BCUT2D eigenvalue weighted by Gasteiger charge is -2.29. The van der Waals surface area contributed by atoms with E-state index in [-0.39, 0.29) is 5.91 Å². The van der Waals surface area contributed by atoms with Crippen molar-refractivity contribution in [3.05, 3.63) is 12.7 Å². The molecule has 68 valence electrons. The quantitative estimate of drug-likeness (QED) is 0.605. The number of nitrogens with one attached hydrogen (secondary N) is 1. The van der Waals surface area contributed by atoms with E-state index in [0.717, 1.165) is 25.9 Å². The molecule has 0 bridgehead atoms. The summed E-state index contributed by atoms with van der Waals surface area (Å²) in [7, 11) is 2.10. The number of piperidine rings is 1. The number of amides is 1. The molecule has 0 radical (unpaired) electrons. The molecule has 1 amide bonds. The molecule has 12 heavy (non-hydrogen) atoms. The first-order valence-electron chi connectivity index (χ1n) is 4.34. The summed E-state index contributed by atoms with van der Waals surface area (Å²) in [6.45, 7) is 5.56. The van der Waals surface area contributed by atoms with Gasteiger partial charge in [-0.05, 0) is 39.1 Å². The van der Waals surface area contributed by atoms with Crippen LogP contribution in [0.5, 0.6) is 0 Å². The van der Waals surface area contributed by atoms with Crippen molar-refractivity contribution in [2.24, 2.45) is 0 Å². The molecule has 0 aromatic rings. The van der Waals surface area contributed by atoms with E-state index < -0.39 is 0 Å². The van der Waals surface area contributed by atoms with E-state index in [1.165, 1.54) is 6.08 Å². The van der Waals surface area contributed by atoms with Crippen molar-refractivity contribution in [1.82, 2.24) is 10.2 Å².